The van der Waals surface area contributed by atoms with Gasteiger partial charge >= 0.3 is 0 Å². The number of hydrogen-bond donors (Lipinski definition) is 0. The molecule has 1 saturated heterocycles. The molecule has 2 nitrogen and oxygen atoms in total. The van der Waals surface area contributed by atoms with Crippen LogP contribution in [0.15, 0.2) is 11.6 Å². The molecule has 2 saturated carbocycles. The van der Waals surface area contributed by atoms with Gasteiger partial charge < -0.3 is 9.16 Å². The molecule has 1 aliphatic heterocycles. The van der Waals surface area contributed by atoms with Gasteiger partial charge in [-0.3, -0.25) is 0 Å². The number of hydrogen-bond acceptors (Lipinski definition) is 2. The predicted octanol–water partition coefficient (Wildman–Crippen LogP) is 4.91. The highest BCUT2D eigenvalue weighted by molar-refractivity contribution is 6.74. The maximum atomic E-state index is 6.84. The van der Waals surface area contributed by atoms with Crippen molar-refractivity contribution in [3.63, 3.8) is 0 Å². The number of fused-ring (bicyclic) bond motifs is 3. The lowest BCUT2D eigenvalue weighted by molar-refractivity contribution is -0.00643. The molecule has 0 radical (unpaired) electrons. The van der Waals surface area contributed by atoms with Crippen LogP contribution >= 0.6 is 0 Å². The van der Waals surface area contributed by atoms with Gasteiger partial charge in [0.15, 0.2) is 8.32 Å². The highest BCUT2D eigenvalue weighted by atomic mass is 28.4. The van der Waals surface area contributed by atoms with Gasteiger partial charge in [0.1, 0.15) is 6.10 Å². The molecule has 21 heavy (non-hydrogen) atoms. The molecule has 0 spiro atoms. The minimum Gasteiger partial charge on any atom is -0.414 e. The molecular formula is C18H32O2Si. The molecule has 3 fully saturated rings. The van der Waals surface area contributed by atoms with Gasteiger partial charge in [0.2, 0.25) is 0 Å². The van der Waals surface area contributed by atoms with Gasteiger partial charge in [-0.15, -0.1) is 0 Å². The van der Waals surface area contributed by atoms with Gasteiger partial charge in [-0.25, -0.2) is 0 Å². The third kappa shape index (κ3) is 2.27. The van der Waals surface area contributed by atoms with Crippen LogP contribution in [0.4, 0.5) is 0 Å². The third-order valence-electron chi connectivity index (χ3n) is 6.73. The third-order valence-corrected chi connectivity index (χ3v) is 11.2. The molecule has 3 aliphatic rings. The van der Waals surface area contributed by atoms with Crippen LogP contribution in [0.25, 0.3) is 0 Å². The van der Waals surface area contributed by atoms with Crippen LogP contribution < -0.4 is 0 Å². The molecule has 0 amide bonds. The van der Waals surface area contributed by atoms with E-state index in [4.69, 9.17) is 9.16 Å². The first kappa shape index (κ1) is 15.8. The summed E-state index contributed by atoms with van der Waals surface area (Å²) in [7, 11) is -1.70. The topological polar surface area (TPSA) is 21.8 Å². The Balaban J connectivity index is 1.85. The molecule has 0 aromatic carbocycles. The fourth-order valence-corrected chi connectivity index (χ4v) is 5.87. The van der Waals surface area contributed by atoms with Gasteiger partial charge in [-0.05, 0) is 48.9 Å². The molecule has 0 unspecified atom stereocenters. The summed E-state index contributed by atoms with van der Waals surface area (Å²) in [4.78, 5) is 0. The molecule has 0 N–H and O–H groups in total. The van der Waals surface area contributed by atoms with Crippen LogP contribution in [0.2, 0.25) is 18.1 Å². The largest absolute Gasteiger partial charge is 0.414 e. The van der Waals surface area contributed by atoms with E-state index in [0.29, 0.717) is 29.6 Å². The van der Waals surface area contributed by atoms with Crippen molar-refractivity contribution in [2.24, 2.45) is 11.3 Å². The Kier molecular flexibility index (Phi) is 3.52. The van der Waals surface area contributed by atoms with Crippen molar-refractivity contribution in [2.45, 2.75) is 90.3 Å². The minimum absolute atomic E-state index is 0.284. The first-order valence-electron chi connectivity index (χ1n) is 8.62. The highest BCUT2D eigenvalue weighted by Crippen LogP contribution is 2.64. The zero-order valence-corrected chi connectivity index (χ0v) is 15.8. The second-order valence-corrected chi connectivity index (χ2v) is 13.8. The lowest BCUT2D eigenvalue weighted by atomic mass is 9.65. The van der Waals surface area contributed by atoms with Gasteiger partial charge in [0.25, 0.3) is 0 Å². The van der Waals surface area contributed by atoms with E-state index in [-0.39, 0.29) is 5.04 Å². The van der Waals surface area contributed by atoms with E-state index in [1.807, 2.05) is 0 Å². The minimum atomic E-state index is -1.70. The van der Waals surface area contributed by atoms with Gasteiger partial charge in [0.05, 0.1) is 12.2 Å². The van der Waals surface area contributed by atoms with Crippen molar-refractivity contribution in [1.82, 2.24) is 0 Å². The quantitative estimate of drug-likeness (QED) is 0.411. The van der Waals surface area contributed by atoms with Gasteiger partial charge in [-0.2, -0.15) is 0 Å². The van der Waals surface area contributed by atoms with E-state index >= 15 is 0 Å². The van der Waals surface area contributed by atoms with Crippen LogP contribution in [0.1, 0.15) is 53.9 Å². The lowest BCUT2D eigenvalue weighted by Crippen LogP contribution is -2.50. The summed E-state index contributed by atoms with van der Waals surface area (Å²) >= 11 is 0. The van der Waals surface area contributed by atoms with Crippen LogP contribution in [0.5, 0.6) is 0 Å². The van der Waals surface area contributed by atoms with Crippen molar-refractivity contribution in [3.8, 4) is 0 Å². The van der Waals surface area contributed by atoms with E-state index in [1.165, 1.54) is 19.3 Å². The molecule has 120 valence electrons. The molecule has 3 rings (SSSR count). The van der Waals surface area contributed by atoms with Crippen LogP contribution in [0, 0.1) is 11.3 Å². The first-order valence-corrected chi connectivity index (χ1v) is 11.5. The Labute approximate surface area is 131 Å². The summed E-state index contributed by atoms with van der Waals surface area (Å²) in [6.07, 6.45) is 7.39. The van der Waals surface area contributed by atoms with E-state index in [1.54, 1.807) is 5.57 Å². The molecule has 3 heteroatoms. The average molecular weight is 309 g/mol. The Morgan fingerprint density at radius 3 is 2.57 bits per heavy atom. The second kappa shape index (κ2) is 4.69. The smallest absolute Gasteiger partial charge is 0.192 e. The van der Waals surface area contributed by atoms with Crippen LogP contribution in [-0.2, 0) is 9.16 Å². The van der Waals surface area contributed by atoms with Crippen molar-refractivity contribution >= 4 is 8.32 Å². The molecule has 2 aliphatic carbocycles. The van der Waals surface area contributed by atoms with Crippen molar-refractivity contribution in [2.75, 3.05) is 0 Å². The normalized spacial score (nSPS) is 44.6. The van der Waals surface area contributed by atoms with Crippen LogP contribution in [0.3, 0.4) is 0 Å². The van der Waals surface area contributed by atoms with Gasteiger partial charge in [0, 0.05) is 5.92 Å². The van der Waals surface area contributed by atoms with Crippen molar-refractivity contribution in [3.05, 3.63) is 11.6 Å². The monoisotopic (exact) mass is 308 g/mol. The Hall–Kier alpha value is -0.123. The molecular weight excluding hydrogens is 276 g/mol. The maximum absolute atomic E-state index is 6.84. The Bertz CT molecular complexity index is 462. The summed E-state index contributed by atoms with van der Waals surface area (Å²) < 4.78 is 12.8. The molecule has 0 bridgehead atoms. The summed E-state index contributed by atoms with van der Waals surface area (Å²) in [5, 5.41) is 0.284. The number of rotatable bonds is 2. The van der Waals surface area contributed by atoms with E-state index in [0.717, 1.165) is 0 Å². The number of epoxide rings is 1. The van der Waals surface area contributed by atoms with Crippen molar-refractivity contribution in [1.29, 1.82) is 0 Å². The fourth-order valence-electron chi connectivity index (χ4n) is 4.49. The highest BCUT2D eigenvalue weighted by Gasteiger charge is 2.67. The molecule has 0 aromatic rings. The predicted molar refractivity (Wildman–Crippen MR) is 89.9 cm³/mol. The SMILES string of the molecule is C/C=C1\[C@@H]2O[C@@H]2[C@H]2[C@@H](O[Si](C)(C)C(C)(C)C)CCC[C@]12C. The van der Waals surface area contributed by atoms with Crippen LogP contribution in [-0.4, -0.2) is 26.6 Å². The molecule has 1 heterocycles. The maximum Gasteiger partial charge on any atom is 0.192 e. The first-order chi connectivity index (χ1) is 9.62. The summed E-state index contributed by atoms with van der Waals surface area (Å²) in [6.45, 7) is 16.4. The number of ether oxygens (including phenoxy) is 1. The van der Waals surface area contributed by atoms with E-state index in [2.05, 4.69) is 53.8 Å². The van der Waals surface area contributed by atoms with E-state index < -0.39 is 8.32 Å². The van der Waals surface area contributed by atoms with E-state index in [9.17, 15) is 0 Å². The standard InChI is InChI=1S/C18H32O2Si/c1-8-12-15-16(19-15)14-13(10-9-11-18(12,14)5)20-21(6,7)17(2,3)4/h8,13-16H,9-11H2,1-7H3/b12-8+/t13-,14+,15-,16+,18+/m0/s1. The van der Waals surface area contributed by atoms with Crippen molar-refractivity contribution < 1.29 is 9.16 Å². The lowest BCUT2D eigenvalue weighted by Gasteiger charge is -2.48. The Morgan fingerprint density at radius 2 is 2.00 bits per heavy atom. The zero-order chi connectivity index (χ0) is 15.6. The summed E-state index contributed by atoms with van der Waals surface area (Å²) in [6, 6.07) is 0. The molecule has 5 atom stereocenters. The molecule has 0 aromatic heterocycles. The average Bonchev–Trinajstić information content (AvgIpc) is 3.02. The Morgan fingerprint density at radius 1 is 1.33 bits per heavy atom. The fraction of sp³-hybridized carbons (Fsp3) is 0.889. The summed E-state index contributed by atoms with van der Waals surface area (Å²) in [5.41, 5.74) is 1.88. The van der Waals surface area contributed by atoms with Gasteiger partial charge in [-0.1, -0.05) is 40.2 Å². The summed E-state index contributed by atoms with van der Waals surface area (Å²) in [5.74, 6) is 0.580. The zero-order valence-electron chi connectivity index (χ0n) is 14.8. The number of allylic oxidation sites excluding steroid dienone is 1. The second-order valence-electron chi connectivity index (χ2n) is 9.02.